The molecule has 0 aliphatic rings. The van der Waals surface area contributed by atoms with Gasteiger partial charge in [0.15, 0.2) is 0 Å². The maximum atomic E-state index is 12.2. The Morgan fingerprint density at radius 3 is 2.84 bits per heavy atom. The summed E-state index contributed by atoms with van der Waals surface area (Å²) >= 11 is 0. The van der Waals surface area contributed by atoms with Crippen LogP contribution >= 0.6 is 0 Å². The Balaban J connectivity index is 2.18. The second kappa shape index (κ2) is 4.96. The van der Waals surface area contributed by atoms with Gasteiger partial charge in [0.05, 0.1) is 5.56 Å². The van der Waals surface area contributed by atoms with Crippen molar-refractivity contribution in [2.75, 3.05) is 12.3 Å². The molecule has 4 N–H and O–H groups in total. The highest BCUT2D eigenvalue weighted by Crippen LogP contribution is 2.22. The summed E-state index contributed by atoms with van der Waals surface area (Å²) in [5, 5.41) is 3.90. The zero-order chi connectivity index (χ0) is 14.0. The lowest BCUT2D eigenvalue weighted by molar-refractivity contribution is 0.0937. The third-order valence-corrected chi connectivity index (χ3v) is 3.64. The summed E-state index contributed by atoms with van der Waals surface area (Å²) in [7, 11) is 0. The standard InChI is InChI=1S/C15H21N3O/c1-4-15(2,3)9-18-14(19)12-8-17-13-7-10(16)5-6-11(12)13/h5-8,17H,4,9,16H2,1-3H3,(H,18,19). The van der Waals surface area contributed by atoms with Crippen LogP contribution in [0, 0.1) is 5.41 Å². The number of anilines is 1. The van der Waals surface area contributed by atoms with Crippen molar-refractivity contribution in [2.24, 2.45) is 5.41 Å². The molecule has 0 aliphatic carbocycles. The molecule has 0 saturated heterocycles. The smallest absolute Gasteiger partial charge is 0.253 e. The van der Waals surface area contributed by atoms with Crippen molar-refractivity contribution in [3.05, 3.63) is 30.0 Å². The molecule has 0 unspecified atom stereocenters. The first-order valence-corrected chi connectivity index (χ1v) is 6.58. The molecule has 1 heterocycles. The van der Waals surface area contributed by atoms with E-state index in [-0.39, 0.29) is 11.3 Å². The first kappa shape index (κ1) is 13.5. The molecule has 2 rings (SSSR count). The minimum absolute atomic E-state index is 0.0439. The molecule has 102 valence electrons. The van der Waals surface area contributed by atoms with E-state index in [4.69, 9.17) is 5.73 Å². The summed E-state index contributed by atoms with van der Waals surface area (Å²) in [5.41, 5.74) is 8.09. The van der Waals surface area contributed by atoms with Gasteiger partial charge in [0.25, 0.3) is 5.91 Å². The van der Waals surface area contributed by atoms with Crippen molar-refractivity contribution in [2.45, 2.75) is 27.2 Å². The highest BCUT2D eigenvalue weighted by atomic mass is 16.1. The molecule has 0 spiro atoms. The highest BCUT2D eigenvalue weighted by molar-refractivity contribution is 6.07. The van der Waals surface area contributed by atoms with E-state index in [1.807, 2.05) is 18.2 Å². The monoisotopic (exact) mass is 259 g/mol. The van der Waals surface area contributed by atoms with Crippen LogP contribution in [-0.2, 0) is 0 Å². The van der Waals surface area contributed by atoms with Crippen molar-refractivity contribution in [1.82, 2.24) is 10.3 Å². The minimum atomic E-state index is -0.0439. The van der Waals surface area contributed by atoms with Gasteiger partial charge >= 0.3 is 0 Å². The summed E-state index contributed by atoms with van der Waals surface area (Å²) in [4.78, 5) is 15.3. The average molecular weight is 259 g/mol. The van der Waals surface area contributed by atoms with Gasteiger partial charge in [-0.2, -0.15) is 0 Å². The van der Waals surface area contributed by atoms with Gasteiger partial charge in [-0.15, -0.1) is 0 Å². The molecule has 1 aromatic heterocycles. The quantitative estimate of drug-likeness (QED) is 0.739. The van der Waals surface area contributed by atoms with Crippen LogP contribution < -0.4 is 11.1 Å². The topological polar surface area (TPSA) is 70.9 Å². The van der Waals surface area contributed by atoms with Crippen LogP contribution in [0.1, 0.15) is 37.6 Å². The zero-order valence-electron chi connectivity index (χ0n) is 11.7. The van der Waals surface area contributed by atoms with Crippen molar-refractivity contribution < 1.29 is 4.79 Å². The SMILES string of the molecule is CCC(C)(C)CNC(=O)c1c[nH]c2cc(N)ccc12. The number of nitrogens with one attached hydrogen (secondary N) is 2. The fraction of sp³-hybridized carbons (Fsp3) is 0.400. The fourth-order valence-electron chi connectivity index (χ4n) is 1.87. The van der Waals surface area contributed by atoms with Crippen molar-refractivity contribution >= 4 is 22.5 Å². The zero-order valence-corrected chi connectivity index (χ0v) is 11.7. The normalized spacial score (nSPS) is 11.7. The number of carbonyl (C=O) groups excluding carboxylic acids is 1. The molecule has 0 saturated carbocycles. The molecule has 4 heteroatoms. The summed E-state index contributed by atoms with van der Waals surface area (Å²) < 4.78 is 0. The number of hydrogen-bond donors (Lipinski definition) is 3. The van der Waals surface area contributed by atoms with E-state index in [0.717, 1.165) is 17.3 Å². The molecule has 0 aliphatic heterocycles. The van der Waals surface area contributed by atoms with Crippen LogP contribution in [0.15, 0.2) is 24.4 Å². The summed E-state index contributed by atoms with van der Waals surface area (Å²) in [6, 6.07) is 5.52. The second-order valence-corrected chi connectivity index (χ2v) is 5.71. The van der Waals surface area contributed by atoms with Crippen molar-refractivity contribution in [1.29, 1.82) is 0 Å². The molecule has 1 aromatic carbocycles. The molecule has 4 nitrogen and oxygen atoms in total. The van der Waals surface area contributed by atoms with E-state index in [0.29, 0.717) is 17.8 Å². The predicted octanol–water partition coefficient (Wildman–Crippen LogP) is 2.92. The van der Waals surface area contributed by atoms with E-state index >= 15 is 0 Å². The van der Waals surface area contributed by atoms with Crippen LogP contribution in [0.4, 0.5) is 5.69 Å². The lowest BCUT2D eigenvalue weighted by atomic mass is 9.90. The number of aromatic nitrogens is 1. The Hall–Kier alpha value is -1.97. The number of amides is 1. The van der Waals surface area contributed by atoms with Crippen molar-refractivity contribution in [3.8, 4) is 0 Å². The summed E-state index contributed by atoms with van der Waals surface area (Å²) in [6.07, 6.45) is 2.76. The fourth-order valence-corrected chi connectivity index (χ4v) is 1.87. The van der Waals surface area contributed by atoms with Crippen LogP contribution in [0.25, 0.3) is 10.9 Å². The van der Waals surface area contributed by atoms with E-state index in [1.165, 1.54) is 0 Å². The Morgan fingerprint density at radius 2 is 2.16 bits per heavy atom. The Kier molecular flexibility index (Phi) is 3.51. The molecule has 19 heavy (non-hydrogen) atoms. The third-order valence-electron chi connectivity index (χ3n) is 3.64. The molecule has 0 atom stereocenters. The molecular formula is C15H21N3O. The average Bonchev–Trinajstić information content (AvgIpc) is 2.79. The number of carbonyl (C=O) groups is 1. The summed E-state index contributed by atoms with van der Waals surface area (Å²) in [5.74, 6) is -0.0439. The van der Waals surface area contributed by atoms with Gasteiger partial charge in [-0.25, -0.2) is 0 Å². The number of hydrogen-bond acceptors (Lipinski definition) is 2. The van der Waals surface area contributed by atoms with Gasteiger partial charge in [-0.1, -0.05) is 20.8 Å². The number of nitrogens with two attached hydrogens (primary N) is 1. The van der Waals surface area contributed by atoms with Crippen LogP contribution in [-0.4, -0.2) is 17.4 Å². The van der Waals surface area contributed by atoms with Gasteiger partial charge in [0, 0.05) is 29.3 Å². The third kappa shape index (κ3) is 2.89. The Morgan fingerprint density at radius 1 is 1.42 bits per heavy atom. The minimum Gasteiger partial charge on any atom is -0.399 e. The number of H-pyrrole nitrogens is 1. The van der Waals surface area contributed by atoms with Crippen molar-refractivity contribution in [3.63, 3.8) is 0 Å². The van der Waals surface area contributed by atoms with Crippen LogP contribution in [0.5, 0.6) is 0 Å². The lowest BCUT2D eigenvalue weighted by Gasteiger charge is -2.22. The molecule has 0 bridgehead atoms. The van der Waals surface area contributed by atoms with Gasteiger partial charge in [0.2, 0.25) is 0 Å². The van der Waals surface area contributed by atoms with E-state index in [2.05, 4.69) is 31.1 Å². The lowest BCUT2D eigenvalue weighted by Crippen LogP contribution is -2.33. The van der Waals surface area contributed by atoms with E-state index in [9.17, 15) is 4.79 Å². The van der Waals surface area contributed by atoms with Gasteiger partial charge < -0.3 is 16.0 Å². The Bertz CT molecular complexity index is 598. The molecule has 2 aromatic rings. The van der Waals surface area contributed by atoms with Gasteiger partial charge in [-0.3, -0.25) is 4.79 Å². The predicted molar refractivity (Wildman–Crippen MR) is 79.1 cm³/mol. The maximum Gasteiger partial charge on any atom is 0.253 e. The number of aromatic amines is 1. The van der Waals surface area contributed by atoms with Gasteiger partial charge in [-0.05, 0) is 30.0 Å². The number of rotatable bonds is 4. The van der Waals surface area contributed by atoms with Crippen LogP contribution in [0.3, 0.4) is 0 Å². The van der Waals surface area contributed by atoms with E-state index in [1.54, 1.807) is 6.20 Å². The molecule has 0 fully saturated rings. The largest absolute Gasteiger partial charge is 0.399 e. The first-order valence-electron chi connectivity index (χ1n) is 6.58. The Labute approximate surface area is 113 Å². The molecular weight excluding hydrogens is 238 g/mol. The number of benzene rings is 1. The number of nitrogen functional groups attached to an aromatic ring is 1. The number of fused-ring (bicyclic) bond motifs is 1. The highest BCUT2D eigenvalue weighted by Gasteiger charge is 2.18. The van der Waals surface area contributed by atoms with E-state index < -0.39 is 0 Å². The van der Waals surface area contributed by atoms with Crippen LogP contribution in [0.2, 0.25) is 0 Å². The molecule has 0 radical (unpaired) electrons. The first-order chi connectivity index (χ1) is 8.93. The second-order valence-electron chi connectivity index (χ2n) is 5.71. The maximum absolute atomic E-state index is 12.2. The van der Waals surface area contributed by atoms with Gasteiger partial charge in [0.1, 0.15) is 0 Å². The molecule has 1 amide bonds. The summed E-state index contributed by atoms with van der Waals surface area (Å²) in [6.45, 7) is 7.08.